The topological polar surface area (TPSA) is 40.0 Å². The molecule has 3 aliphatic carbocycles. The maximum Gasteiger partial charge on any atom is 0.145 e. The minimum absolute atomic E-state index is 0.162. The highest BCUT2D eigenvalue weighted by Gasteiger charge is 2.49. The van der Waals surface area contributed by atoms with E-state index in [0.29, 0.717) is 11.8 Å². The third-order valence-electron chi connectivity index (χ3n) is 13.2. The lowest BCUT2D eigenvalue weighted by molar-refractivity contribution is 0.168. The van der Waals surface area contributed by atoms with Crippen LogP contribution in [-0.4, -0.2) is 23.0 Å². The Morgan fingerprint density at radius 3 is 1.85 bits per heavy atom. The first kappa shape index (κ1) is 37.0. The minimum atomic E-state index is -0.162. The number of fused-ring (bicyclic) bond motifs is 3. The molecular weight excluding hydrogens is 741 g/mol. The lowest BCUT2D eigenvalue weighted by Crippen LogP contribution is -2.47. The summed E-state index contributed by atoms with van der Waals surface area (Å²) in [4.78, 5) is 5.17. The molecule has 0 saturated heterocycles. The summed E-state index contributed by atoms with van der Waals surface area (Å²) < 4.78 is 0. The Hall–Kier alpha value is -7.04. The van der Waals surface area contributed by atoms with Gasteiger partial charge >= 0.3 is 0 Å². The van der Waals surface area contributed by atoms with Crippen molar-refractivity contribution in [2.45, 2.75) is 31.5 Å². The highest BCUT2D eigenvalue weighted by Crippen LogP contribution is 2.52. The minimum Gasteiger partial charge on any atom is -0.360 e. The summed E-state index contributed by atoms with van der Waals surface area (Å²) in [6, 6.07) is 48.4. The van der Waals surface area contributed by atoms with Crippen LogP contribution < -0.4 is 5.32 Å². The fourth-order valence-electron chi connectivity index (χ4n) is 10.1. The van der Waals surface area contributed by atoms with E-state index in [9.17, 15) is 0 Å². The molecule has 4 heteroatoms. The van der Waals surface area contributed by atoms with Gasteiger partial charge in [0, 0.05) is 41.3 Å². The van der Waals surface area contributed by atoms with Crippen molar-refractivity contribution in [1.29, 1.82) is 0 Å². The third kappa shape index (κ3) is 7.12. The van der Waals surface area contributed by atoms with Crippen molar-refractivity contribution in [3.63, 3.8) is 0 Å². The number of aliphatic imine (C=N–C) groups is 1. The Labute approximate surface area is 359 Å². The zero-order valence-corrected chi connectivity index (χ0v) is 34.1. The van der Waals surface area contributed by atoms with Crippen LogP contribution in [0.1, 0.15) is 47.7 Å². The zero-order valence-electron chi connectivity index (χ0n) is 34.1. The maximum absolute atomic E-state index is 5.25. The molecule has 5 aromatic rings. The average Bonchev–Trinajstić information content (AvgIpc) is 3.80. The number of hydrazone groups is 1. The molecule has 5 aromatic carbocycles. The predicted molar refractivity (Wildman–Crippen MR) is 253 cm³/mol. The largest absolute Gasteiger partial charge is 0.360 e. The summed E-state index contributed by atoms with van der Waals surface area (Å²) in [7, 11) is 0. The third-order valence-corrected chi connectivity index (χ3v) is 13.2. The molecule has 0 spiro atoms. The maximum atomic E-state index is 5.25. The van der Waals surface area contributed by atoms with Crippen LogP contribution >= 0.6 is 0 Å². The van der Waals surface area contributed by atoms with Crippen LogP contribution in [-0.2, 0) is 0 Å². The van der Waals surface area contributed by atoms with Crippen LogP contribution in [0.3, 0.4) is 0 Å². The first-order valence-electron chi connectivity index (χ1n) is 21.8. The number of nitrogens with one attached hydrogen (secondary N) is 1. The molecule has 296 valence electrons. The van der Waals surface area contributed by atoms with Crippen molar-refractivity contribution in [2.24, 2.45) is 33.8 Å². The smallest absolute Gasteiger partial charge is 0.145 e. The molecule has 0 bridgehead atoms. The molecule has 0 saturated carbocycles. The van der Waals surface area contributed by atoms with Crippen molar-refractivity contribution in [3.05, 3.63) is 240 Å². The summed E-state index contributed by atoms with van der Waals surface area (Å²) in [6.45, 7) is 0. The fourth-order valence-corrected chi connectivity index (χ4v) is 10.1. The molecule has 4 nitrogen and oxygen atoms in total. The zero-order chi connectivity index (χ0) is 40.5. The van der Waals surface area contributed by atoms with Crippen LogP contribution in [0.15, 0.2) is 228 Å². The molecule has 0 radical (unpaired) electrons. The second-order valence-corrected chi connectivity index (χ2v) is 16.8. The summed E-state index contributed by atoms with van der Waals surface area (Å²) in [6.07, 6.45) is 32.8. The molecule has 6 aliphatic rings. The number of hydrogen-bond acceptors (Lipinski definition) is 4. The molecular formula is C57H48N4. The number of nitrogens with zero attached hydrogens (tertiary/aromatic N) is 3. The van der Waals surface area contributed by atoms with E-state index in [-0.39, 0.29) is 24.0 Å². The van der Waals surface area contributed by atoms with Crippen LogP contribution in [0.5, 0.6) is 0 Å². The Morgan fingerprint density at radius 2 is 1.20 bits per heavy atom. The van der Waals surface area contributed by atoms with Crippen LogP contribution in [0.4, 0.5) is 0 Å². The summed E-state index contributed by atoms with van der Waals surface area (Å²) in [5.74, 6) is 1.23. The first-order valence-corrected chi connectivity index (χ1v) is 21.8. The van der Waals surface area contributed by atoms with E-state index >= 15 is 0 Å². The van der Waals surface area contributed by atoms with Gasteiger partial charge < -0.3 is 5.32 Å². The summed E-state index contributed by atoms with van der Waals surface area (Å²) >= 11 is 0. The van der Waals surface area contributed by atoms with Crippen LogP contribution in [0.25, 0.3) is 33.5 Å². The fraction of sp³-hybridized carbons (Fsp3) is 0.158. The normalized spacial score (nSPS) is 24.8. The molecule has 0 fully saturated rings. The van der Waals surface area contributed by atoms with E-state index in [2.05, 4.69) is 217 Å². The van der Waals surface area contributed by atoms with Gasteiger partial charge in [0.25, 0.3) is 0 Å². The molecule has 3 aliphatic heterocycles. The quantitative estimate of drug-likeness (QED) is 0.170. The van der Waals surface area contributed by atoms with Gasteiger partial charge in [-0.1, -0.05) is 206 Å². The van der Waals surface area contributed by atoms with Crippen LogP contribution in [0, 0.1) is 23.7 Å². The summed E-state index contributed by atoms with van der Waals surface area (Å²) in [5, 5.41) is 11.3. The van der Waals surface area contributed by atoms with Gasteiger partial charge in [-0.05, 0) is 75.4 Å². The molecule has 0 amide bonds. The first-order chi connectivity index (χ1) is 30.2. The van der Waals surface area contributed by atoms with Crippen molar-refractivity contribution < 1.29 is 0 Å². The van der Waals surface area contributed by atoms with E-state index in [0.717, 1.165) is 47.4 Å². The van der Waals surface area contributed by atoms with E-state index in [1.54, 1.807) is 0 Å². The van der Waals surface area contributed by atoms with Gasteiger partial charge in [0.1, 0.15) is 6.17 Å². The molecule has 11 rings (SSSR count). The van der Waals surface area contributed by atoms with E-state index in [1.807, 2.05) is 6.07 Å². The number of benzene rings is 5. The highest BCUT2D eigenvalue weighted by molar-refractivity contribution is 6.13. The van der Waals surface area contributed by atoms with Gasteiger partial charge in [-0.25, -0.2) is 0 Å². The van der Waals surface area contributed by atoms with Gasteiger partial charge in [0.15, 0.2) is 0 Å². The van der Waals surface area contributed by atoms with Gasteiger partial charge in [-0.15, -0.1) is 0 Å². The Bertz CT molecular complexity index is 2740. The van der Waals surface area contributed by atoms with Gasteiger partial charge in [0.05, 0.1) is 11.8 Å². The second-order valence-electron chi connectivity index (χ2n) is 16.8. The molecule has 3 heterocycles. The van der Waals surface area contributed by atoms with Gasteiger partial charge in [-0.2, -0.15) is 5.10 Å². The standard InChI is InChI=1S/C57H48N4/c1-5-15-43(16-6-1)51-38-58-61-55(47-19-9-3-10-20-47)54(49-23-13-14-24-50(49)56(51)61)46-35-31-42(32-36-46)40-27-25-39(26-28-40)41-29-33-45(34-30-41)53-37-52(44-17-7-2-8-18-44)59-57(60-53)48-21-11-4-12-22-48/h1-5,7-15,17-19,21-38,47,49-51,56-57,59H,6,16,20H2. The SMILES string of the molecule is C1=CCCC(C2C=NN3C(C4C=CC=CC4)=C(c4ccc(-c5ccc(-c6ccc(C7=NC(c8ccccc8)NC(c8ccccc8)=C7)cc6)cc5)cc4)C4C=CC=CC4C23)=C1. The lowest BCUT2D eigenvalue weighted by Gasteiger charge is -2.47. The monoisotopic (exact) mass is 788 g/mol. The molecule has 0 aromatic heterocycles. The predicted octanol–water partition coefficient (Wildman–Crippen LogP) is 12.9. The Kier molecular flexibility index (Phi) is 9.82. The summed E-state index contributed by atoms with van der Waals surface area (Å²) in [5.41, 5.74) is 15.8. The second kappa shape index (κ2) is 16.2. The van der Waals surface area contributed by atoms with Crippen LogP contribution in [0.2, 0.25) is 0 Å². The van der Waals surface area contributed by atoms with Gasteiger partial charge in [0.2, 0.25) is 0 Å². The van der Waals surface area contributed by atoms with Crippen molar-refractivity contribution in [3.8, 4) is 22.3 Å². The van der Waals surface area contributed by atoms with E-state index < -0.39 is 0 Å². The number of allylic oxidation sites excluding steroid dienone is 12. The van der Waals surface area contributed by atoms with Crippen molar-refractivity contribution in [2.75, 3.05) is 0 Å². The molecule has 6 unspecified atom stereocenters. The number of hydrogen-bond donors (Lipinski definition) is 1. The lowest BCUT2D eigenvalue weighted by atomic mass is 9.67. The molecule has 1 N–H and O–H groups in total. The molecule has 61 heavy (non-hydrogen) atoms. The number of rotatable bonds is 8. The molecule has 6 atom stereocenters. The van der Waals surface area contributed by atoms with Gasteiger partial charge in [-0.3, -0.25) is 10.0 Å². The van der Waals surface area contributed by atoms with Crippen molar-refractivity contribution >= 4 is 23.2 Å². The Morgan fingerprint density at radius 1 is 0.557 bits per heavy atom. The van der Waals surface area contributed by atoms with E-state index in [4.69, 9.17) is 10.1 Å². The highest BCUT2D eigenvalue weighted by atomic mass is 15.5. The van der Waals surface area contributed by atoms with E-state index in [1.165, 1.54) is 44.7 Å². The van der Waals surface area contributed by atoms with Crippen molar-refractivity contribution in [1.82, 2.24) is 10.3 Å². The Balaban J connectivity index is 0.867. The average molecular weight is 789 g/mol.